The highest BCUT2D eigenvalue weighted by molar-refractivity contribution is 6.35. The third-order valence-corrected chi connectivity index (χ3v) is 4.29. The summed E-state index contributed by atoms with van der Waals surface area (Å²) < 4.78 is 6.42. The number of carbonyl (C=O) groups is 1. The molecule has 1 aromatic carbocycles. The van der Waals surface area contributed by atoms with Crippen molar-refractivity contribution in [1.82, 2.24) is 9.78 Å². The van der Waals surface area contributed by atoms with E-state index in [-0.39, 0.29) is 0 Å². The predicted octanol–water partition coefficient (Wildman–Crippen LogP) is 4.67. The molecule has 0 saturated heterocycles. The molecule has 0 amide bonds. The van der Waals surface area contributed by atoms with Crippen LogP contribution in [0.5, 0.6) is 0 Å². The Balaban J connectivity index is 2.20. The molecular weight excluding hydrogens is 385 g/mol. The Labute approximate surface area is 160 Å². The van der Waals surface area contributed by atoms with Crippen molar-refractivity contribution in [2.75, 3.05) is 0 Å². The van der Waals surface area contributed by atoms with Crippen LogP contribution in [0, 0.1) is 18.3 Å². The first-order chi connectivity index (χ1) is 11.8. The Hall–Kier alpha value is -2.00. The molecule has 1 aromatic heterocycles. The summed E-state index contributed by atoms with van der Waals surface area (Å²) in [7, 11) is 0. The number of esters is 1. The molecule has 2 aromatic rings. The molecule has 0 bridgehead atoms. The first-order valence-electron chi connectivity index (χ1n) is 7.27. The molecule has 0 spiro atoms. The molecule has 2 rings (SSSR count). The summed E-state index contributed by atoms with van der Waals surface area (Å²) >= 11 is 18.4. The molecule has 0 radical (unpaired) electrons. The Morgan fingerprint density at radius 2 is 2.16 bits per heavy atom. The van der Waals surface area contributed by atoms with Crippen LogP contribution < -0.4 is 0 Å². The normalized spacial score (nSPS) is 12.2. The molecule has 0 aliphatic carbocycles. The number of hydrogen-bond acceptors (Lipinski definition) is 4. The van der Waals surface area contributed by atoms with Crippen molar-refractivity contribution < 1.29 is 9.53 Å². The lowest BCUT2D eigenvalue weighted by Gasteiger charge is -2.06. The maximum absolute atomic E-state index is 11.6. The van der Waals surface area contributed by atoms with Gasteiger partial charge in [0.1, 0.15) is 11.2 Å². The average molecular weight is 399 g/mol. The average Bonchev–Trinajstić information content (AvgIpc) is 2.82. The number of carbonyl (C=O) groups excluding carboxylic acids is 1. The van der Waals surface area contributed by atoms with Gasteiger partial charge in [-0.05, 0) is 37.6 Å². The summed E-state index contributed by atoms with van der Waals surface area (Å²) in [5.41, 5.74) is 2.05. The Bertz CT molecular complexity index is 869. The Morgan fingerprint density at radius 1 is 1.44 bits per heavy atom. The lowest BCUT2D eigenvalue weighted by atomic mass is 10.2. The van der Waals surface area contributed by atoms with E-state index in [2.05, 4.69) is 5.10 Å². The van der Waals surface area contributed by atoms with E-state index in [0.29, 0.717) is 33.0 Å². The van der Waals surface area contributed by atoms with Crippen LogP contribution >= 0.6 is 34.8 Å². The summed E-state index contributed by atoms with van der Waals surface area (Å²) in [4.78, 5) is 11.6. The van der Waals surface area contributed by atoms with Gasteiger partial charge in [0.05, 0.1) is 12.2 Å². The maximum atomic E-state index is 11.6. The zero-order valence-corrected chi connectivity index (χ0v) is 15.7. The quantitative estimate of drug-likeness (QED) is 0.542. The molecule has 8 heteroatoms. The monoisotopic (exact) mass is 397 g/mol. The highest BCUT2D eigenvalue weighted by atomic mass is 35.5. The smallest absolute Gasteiger partial charge is 0.332 e. The van der Waals surface area contributed by atoms with E-state index in [0.717, 1.165) is 5.56 Å². The second kappa shape index (κ2) is 8.39. The van der Waals surface area contributed by atoms with Crippen LogP contribution in [-0.2, 0) is 16.1 Å². The summed E-state index contributed by atoms with van der Waals surface area (Å²) in [5.74, 6) is -0.627. The van der Waals surface area contributed by atoms with Crippen molar-refractivity contribution in [3.8, 4) is 6.07 Å². The molecule has 0 fully saturated rings. The van der Waals surface area contributed by atoms with E-state index in [4.69, 9.17) is 44.8 Å². The molecule has 0 N–H and O–H groups in total. The van der Waals surface area contributed by atoms with Gasteiger partial charge in [-0.15, -0.1) is 0 Å². The summed E-state index contributed by atoms with van der Waals surface area (Å²) in [6.07, 6.45) is 1.91. The Morgan fingerprint density at radius 3 is 2.80 bits per heavy atom. The minimum atomic E-state index is -0.816. The van der Waals surface area contributed by atoms with Crippen molar-refractivity contribution >= 4 is 46.8 Å². The van der Waals surface area contributed by atoms with Gasteiger partial charge >= 0.3 is 5.97 Å². The Kier molecular flexibility index (Phi) is 6.49. The van der Waals surface area contributed by atoms with E-state index >= 15 is 0 Å². The molecule has 0 unspecified atom stereocenters. The van der Waals surface area contributed by atoms with Gasteiger partial charge in [-0.3, -0.25) is 0 Å². The molecule has 1 atom stereocenters. The fourth-order valence-corrected chi connectivity index (χ4v) is 2.83. The molecule has 25 heavy (non-hydrogen) atoms. The van der Waals surface area contributed by atoms with Crippen LogP contribution in [-0.4, -0.2) is 21.9 Å². The fourth-order valence-electron chi connectivity index (χ4n) is 2.06. The number of halogens is 3. The summed E-state index contributed by atoms with van der Waals surface area (Å²) in [5, 5.41) is 14.4. The van der Waals surface area contributed by atoms with E-state index in [1.807, 2.05) is 6.07 Å². The van der Waals surface area contributed by atoms with Crippen LogP contribution in [0.3, 0.4) is 0 Å². The van der Waals surface area contributed by atoms with Crippen LogP contribution in [0.15, 0.2) is 24.3 Å². The topological polar surface area (TPSA) is 67.9 Å². The number of aryl methyl sites for hydroxylation is 1. The van der Waals surface area contributed by atoms with Crippen molar-refractivity contribution in [2.24, 2.45) is 0 Å². The van der Waals surface area contributed by atoms with Crippen molar-refractivity contribution in [1.29, 1.82) is 5.26 Å². The molecule has 1 heterocycles. The first kappa shape index (κ1) is 19.3. The van der Waals surface area contributed by atoms with Gasteiger partial charge in [-0.1, -0.05) is 40.9 Å². The van der Waals surface area contributed by atoms with Gasteiger partial charge in [0.15, 0.2) is 6.10 Å². The predicted molar refractivity (Wildman–Crippen MR) is 97.7 cm³/mol. The molecule has 0 saturated carbocycles. The van der Waals surface area contributed by atoms with E-state index in [1.165, 1.54) is 19.1 Å². The lowest BCUT2D eigenvalue weighted by molar-refractivity contribution is -0.139. The minimum absolute atomic E-state index is 0.361. The van der Waals surface area contributed by atoms with Crippen molar-refractivity contribution in [2.45, 2.75) is 26.5 Å². The zero-order valence-electron chi connectivity index (χ0n) is 13.5. The van der Waals surface area contributed by atoms with Crippen LogP contribution in [0.2, 0.25) is 15.2 Å². The minimum Gasteiger partial charge on any atom is -0.444 e. The molecule has 5 nitrogen and oxygen atoms in total. The van der Waals surface area contributed by atoms with Crippen LogP contribution in [0.1, 0.15) is 23.7 Å². The summed E-state index contributed by atoms with van der Waals surface area (Å²) in [6, 6.07) is 7.00. The van der Waals surface area contributed by atoms with Crippen LogP contribution in [0.4, 0.5) is 0 Å². The number of hydrogen-bond donors (Lipinski definition) is 0. The molecular formula is C17H14Cl3N3O2. The van der Waals surface area contributed by atoms with Crippen LogP contribution in [0.25, 0.3) is 6.08 Å². The summed E-state index contributed by atoms with van der Waals surface area (Å²) in [6.45, 7) is 3.62. The molecule has 0 aliphatic rings. The number of benzene rings is 1. The van der Waals surface area contributed by atoms with Gasteiger partial charge in [0, 0.05) is 21.7 Å². The second-order valence-electron chi connectivity index (χ2n) is 5.22. The third kappa shape index (κ3) is 4.99. The SMILES string of the molecule is Cc1nn(Cc2ccc(Cl)cc2Cl)c(Cl)c1/C=C/C(=O)O[C@@H](C)C#N. The number of nitriles is 1. The highest BCUT2D eigenvalue weighted by Gasteiger charge is 2.14. The van der Waals surface area contributed by atoms with Gasteiger partial charge in [0.25, 0.3) is 0 Å². The standard InChI is InChI=1S/C17H14Cl3N3O2/c1-10(8-21)25-16(24)6-5-14-11(2)22-23(17(14)20)9-12-3-4-13(18)7-15(12)19/h3-7,10H,9H2,1-2H3/b6-5+/t10-/m0/s1. The van der Waals surface area contributed by atoms with Gasteiger partial charge in [-0.2, -0.15) is 10.4 Å². The van der Waals surface area contributed by atoms with E-state index < -0.39 is 12.1 Å². The number of nitrogens with zero attached hydrogens (tertiary/aromatic N) is 3. The van der Waals surface area contributed by atoms with Crippen molar-refractivity contribution in [3.63, 3.8) is 0 Å². The second-order valence-corrected chi connectivity index (χ2v) is 6.43. The van der Waals surface area contributed by atoms with E-state index in [9.17, 15) is 4.79 Å². The zero-order chi connectivity index (χ0) is 18.6. The first-order valence-corrected chi connectivity index (χ1v) is 8.40. The fraction of sp³-hybridized carbons (Fsp3) is 0.235. The van der Waals surface area contributed by atoms with Gasteiger partial charge in [-0.25, -0.2) is 9.48 Å². The van der Waals surface area contributed by atoms with Crippen molar-refractivity contribution in [3.05, 3.63) is 56.3 Å². The van der Waals surface area contributed by atoms with Gasteiger partial charge < -0.3 is 4.74 Å². The highest BCUT2D eigenvalue weighted by Crippen LogP contribution is 2.26. The largest absolute Gasteiger partial charge is 0.444 e. The number of aromatic nitrogens is 2. The molecule has 0 aliphatic heterocycles. The lowest BCUT2D eigenvalue weighted by Crippen LogP contribution is -2.10. The number of rotatable bonds is 5. The number of ether oxygens (including phenoxy) is 1. The van der Waals surface area contributed by atoms with E-state index in [1.54, 1.807) is 29.8 Å². The van der Waals surface area contributed by atoms with Gasteiger partial charge in [0.2, 0.25) is 0 Å². The molecule has 130 valence electrons. The maximum Gasteiger partial charge on any atom is 0.332 e. The third-order valence-electron chi connectivity index (χ3n) is 3.31.